The highest BCUT2D eigenvalue weighted by Gasteiger charge is 2.25. The van der Waals surface area contributed by atoms with Gasteiger partial charge in [0.25, 0.3) is 0 Å². The van der Waals surface area contributed by atoms with Crippen LogP contribution in [0.1, 0.15) is 31.4 Å². The minimum absolute atomic E-state index is 0.0393. The predicted octanol–water partition coefficient (Wildman–Crippen LogP) is 3.83. The van der Waals surface area contributed by atoms with Gasteiger partial charge in [-0.2, -0.15) is 0 Å². The van der Waals surface area contributed by atoms with E-state index >= 15 is 0 Å². The van der Waals surface area contributed by atoms with Gasteiger partial charge in [0.2, 0.25) is 11.8 Å². The normalized spacial score (nSPS) is 11.7. The summed E-state index contributed by atoms with van der Waals surface area (Å²) in [6, 6.07) is 16.7. The van der Waals surface area contributed by atoms with E-state index < -0.39 is 6.04 Å². The molecule has 5 heteroatoms. The Morgan fingerprint density at radius 1 is 1.04 bits per heavy atom. The second-order valence-corrected chi connectivity index (χ2v) is 6.64. The van der Waals surface area contributed by atoms with Gasteiger partial charge in [-0.05, 0) is 43.5 Å². The van der Waals surface area contributed by atoms with Crippen molar-refractivity contribution in [2.24, 2.45) is 0 Å². The van der Waals surface area contributed by atoms with Crippen molar-refractivity contribution in [1.82, 2.24) is 10.2 Å². The number of nitrogens with zero attached hydrogens (tertiary/aromatic N) is 1. The zero-order valence-corrected chi connectivity index (χ0v) is 16.0. The number of aryl methyl sites for hydroxylation is 1. The van der Waals surface area contributed by atoms with Gasteiger partial charge in [0.05, 0.1) is 0 Å². The largest absolute Gasteiger partial charge is 0.355 e. The van der Waals surface area contributed by atoms with Gasteiger partial charge in [-0.15, -0.1) is 0 Å². The van der Waals surface area contributed by atoms with Crippen LogP contribution in [-0.4, -0.2) is 29.3 Å². The van der Waals surface area contributed by atoms with Crippen LogP contribution < -0.4 is 5.32 Å². The molecule has 1 atom stereocenters. The molecule has 2 rings (SSSR count). The fourth-order valence-electron chi connectivity index (χ4n) is 2.73. The second kappa shape index (κ2) is 9.97. The van der Waals surface area contributed by atoms with Crippen molar-refractivity contribution in [2.45, 2.75) is 39.3 Å². The molecule has 0 saturated heterocycles. The number of benzene rings is 2. The van der Waals surface area contributed by atoms with Gasteiger partial charge in [-0.25, -0.2) is 0 Å². The van der Waals surface area contributed by atoms with Crippen molar-refractivity contribution in [3.05, 3.63) is 70.7 Å². The van der Waals surface area contributed by atoms with Gasteiger partial charge >= 0.3 is 0 Å². The molecular formula is C21H25ClN2O2. The van der Waals surface area contributed by atoms with E-state index in [2.05, 4.69) is 5.32 Å². The maximum Gasteiger partial charge on any atom is 0.242 e. The molecule has 0 bridgehead atoms. The van der Waals surface area contributed by atoms with Crippen LogP contribution in [0.3, 0.4) is 0 Å². The number of hydrogen-bond acceptors (Lipinski definition) is 2. The summed E-state index contributed by atoms with van der Waals surface area (Å²) in [6.07, 6.45) is 1.01. The molecule has 4 nitrogen and oxygen atoms in total. The average Bonchev–Trinajstić information content (AvgIpc) is 2.66. The third-order valence-electron chi connectivity index (χ3n) is 4.25. The SMILES string of the molecule is CCNC(=O)[C@H](C)N(Cc1ccc(Cl)cc1)C(=O)CCc1ccccc1. The molecule has 0 aliphatic rings. The average molecular weight is 373 g/mol. The number of carbonyl (C=O) groups excluding carboxylic acids is 2. The molecule has 0 saturated carbocycles. The van der Waals surface area contributed by atoms with Gasteiger partial charge in [0, 0.05) is 24.5 Å². The van der Waals surface area contributed by atoms with Crippen LogP contribution in [0.2, 0.25) is 5.02 Å². The van der Waals surface area contributed by atoms with E-state index in [0.29, 0.717) is 31.0 Å². The van der Waals surface area contributed by atoms with Crippen molar-refractivity contribution in [3.8, 4) is 0 Å². The van der Waals surface area contributed by atoms with Crippen molar-refractivity contribution in [2.75, 3.05) is 6.54 Å². The molecule has 1 N–H and O–H groups in total. The highest BCUT2D eigenvalue weighted by Crippen LogP contribution is 2.15. The zero-order valence-electron chi connectivity index (χ0n) is 15.2. The first-order chi connectivity index (χ1) is 12.5. The highest BCUT2D eigenvalue weighted by atomic mass is 35.5. The lowest BCUT2D eigenvalue weighted by molar-refractivity contribution is -0.140. The predicted molar refractivity (Wildman–Crippen MR) is 105 cm³/mol. The Labute approximate surface area is 160 Å². The van der Waals surface area contributed by atoms with Gasteiger partial charge in [0.1, 0.15) is 6.04 Å². The first kappa shape index (κ1) is 20.0. The Bertz CT molecular complexity index is 717. The molecule has 0 radical (unpaired) electrons. The minimum atomic E-state index is -0.533. The minimum Gasteiger partial charge on any atom is -0.355 e. The van der Waals surface area contributed by atoms with E-state index in [1.54, 1.807) is 24.0 Å². The van der Waals surface area contributed by atoms with E-state index in [9.17, 15) is 9.59 Å². The number of likely N-dealkylation sites (N-methyl/N-ethyl adjacent to an activating group) is 1. The molecule has 2 aromatic carbocycles. The lowest BCUT2D eigenvalue weighted by Gasteiger charge is -2.29. The first-order valence-corrected chi connectivity index (χ1v) is 9.24. The topological polar surface area (TPSA) is 49.4 Å². The van der Waals surface area contributed by atoms with E-state index in [-0.39, 0.29) is 11.8 Å². The number of hydrogen-bond donors (Lipinski definition) is 1. The van der Waals surface area contributed by atoms with Crippen LogP contribution in [0.25, 0.3) is 0 Å². The van der Waals surface area contributed by atoms with Crippen LogP contribution in [0.15, 0.2) is 54.6 Å². The third-order valence-corrected chi connectivity index (χ3v) is 4.51. The molecule has 0 heterocycles. The Morgan fingerprint density at radius 3 is 2.31 bits per heavy atom. The molecule has 138 valence electrons. The Balaban J connectivity index is 2.11. The first-order valence-electron chi connectivity index (χ1n) is 8.86. The monoisotopic (exact) mass is 372 g/mol. The lowest BCUT2D eigenvalue weighted by Crippen LogP contribution is -2.47. The van der Waals surface area contributed by atoms with Crippen LogP contribution in [0, 0.1) is 0 Å². The van der Waals surface area contributed by atoms with Crippen molar-refractivity contribution in [1.29, 1.82) is 0 Å². The standard InChI is InChI=1S/C21H25ClN2O2/c1-3-23-21(26)16(2)24(15-18-9-12-19(22)13-10-18)20(25)14-11-17-7-5-4-6-8-17/h4-10,12-13,16H,3,11,14-15H2,1-2H3,(H,23,26)/t16-/m0/s1. The van der Waals surface area contributed by atoms with E-state index in [1.165, 1.54) is 0 Å². The number of nitrogens with one attached hydrogen (secondary N) is 1. The van der Waals surface area contributed by atoms with Crippen LogP contribution in [-0.2, 0) is 22.6 Å². The molecule has 2 amide bonds. The summed E-state index contributed by atoms with van der Waals surface area (Å²) in [6.45, 7) is 4.55. The summed E-state index contributed by atoms with van der Waals surface area (Å²) in [7, 11) is 0. The summed E-state index contributed by atoms with van der Waals surface area (Å²) in [4.78, 5) is 26.8. The van der Waals surface area contributed by atoms with Crippen LogP contribution >= 0.6 is 11.6 Å². The molecule has 0 aromatic heterocycles. The fourth-order valence-corrected chi connectivity index (χ4v) is 2.86. The number of amides is 2. The summed E-state index contributed by atoms with van der Waals surface area (Å²) in [5.74, 6) is -0.183. The molecule has 0 unspecified atom stereocenters. The smallest absolute Gasteiger partial charge is 0.242 e. The molecule has 0 aliphatic heterocycles. The maximum absolute atomic E-state index is 12.9. The van der Waals surface area contributed by atoms with Gasteiger partial charge in [-0.3, -0.25) is 9.59 Å². The van der Waals surface area contributed by atoms with Gasteiger partial charge < -0.3 is 10.2 Å². The molecule has 0 spiro atoms. The Morgan fingerprint density at radius 2 is 1.69 bits per heavy atom. The van der Waals surface area contributed by atoms with E-state index in [4.69, 9.17) is 11.6 Å². The van der Waals surface area contributed by atoms with Crippen LogP contribution in [0.4, 0.5) is 0 Å². The van der Waals surface area contributed by atoms with Crippen molar-refractivity contribution >= 4 is 23.4 Å². The zero-order chi connectivity index (χ0) is 18.9. The van der Waals surface area contributed by atoms with E-state index in [0.717, 1.165) is 11.1 Å². The number of halogens is 1. The lowest BCUT2D eigenvalue weighted by atomic mass is 10.1. The third kappa shape index (κ3) is 5.88. The molecule has 0 aliphatic carbocycles. The summed E-state index contributed by atoms with van der Waals surface area (Å²) in [5.41, 5.74) is 2.05. The summed E-state index contributed by atoms with van der Waals surface area (Å²) >= 11 is 5.94. The number of carbonyl (C=O) groups is 2. The fraction of sp³-hybridized carbons (Fsp3) is 0.333. The van der Waals surface area contributed by atoms with E-state index in [1.807, 2.05) is 49.4 Å². The Kier molecular flexibility index (Phi) is 7.67. The Hall–Kier alpha value is -2.33. The van der Waals surface area contributed by atoms with Gasteiger partial charge in [0.15, 0.2) is 0 Å². The highest BCUT2D eigenvalue weighted by molar-refractivity contribution is 6.30. The van der Waals surface area contributed by atoms with Crippen molar-refractivity contribution < 1.29 is 9.59 Å². The maximum atomic E-state index is 12.9. The second-order valence-electron chi connectivity index (χ2n) is 6.20. The van der Waals surface area contributed by atoms with Gasteiger partial charge in [-0.1, -0.05) is 54.1 Å². The molecule has 0 fully saturated rings. The molecule has 2 aromatic rings. The molecular weight excluding hydrogens is 348 g/mol. The quantitative estimate of drug-likeness (QED) is 0.765. The number of rotatable bonds is 8. The van der Waals surface area contributed by atoms with Crippen molar-refractivity contribution in [3.63, 3.8) is 0 Å². The summed E-state index contributed by atoms with van der Waals surface area (Å²) in [5, 5.41) is 3.44. The molecule has 26 heavy (non-hydrogen) atoms. The summed E-state index contributed by atoms with van der Waals surface area (Å²) < 4.78 is 0. The van der Waals surface area contributed by atoms with Crippen LogP contribution in [0.5, 0.6) is 0 Å².